The Morgan fingerprint density at radius 1 is 1.60 bits per heavy atom. The number of anilines is 1. The SMILES string of the molecule is COCCC(=O)Nc1ncc(Br)nc1Br. The topological polar surface area (TPSA) is 64.1 Å². The second kappa shape index (κ2) is 6.14. The fourth-order valence-corrected chi connectivity index (χ4v) is 1.73. The van der Waals surface area contributed by atoms with Crippen LogP contribution in [-0.4, -0.2) is 29.6 Å². The molecule has 0 fully saturated rings. The highest BCUT2D eigenvalue weighted by molar-refractivity contribution is 9.11. The zero-order valence-electron chi connectivity index (χ0n) is 7.96. The van der Waals surface area contributed by atoms with Crippen LogP contribution in [0.25, 0.3) is 0 Å². The molecule has 1 rings (SSSR count). The van der Waals surface area contributed by atoms with Crippen molar-refractivity contribution in [2.24, 2.45) is 0 Å². The van der Waals surface area contributed by atoms with E-state index in [-0.39, 0.29) is 5.91 Å². The summed E-state index contributed by atoms with van der Waals surface area (Å²) in [6.45, 7) is 0.382. The summed E-state index contributed by atoms with van der Waals surface area (Å²) < 4.78 is 5.87. The zero-order valence-corrected chi connectivity index (χ0v) is 11.1. The van der Waals surface area contributed by atoms with Crippen molar-refractivity contribution in [3.05, 3.63) is 15.4 Å². The lowest BCUT2D eigenvalue weighted by molar-refractivity contribution is -0.117. The summed E-state index contributed by atoms with van der Waals surface area (Å²) >= 11 is 6.36. The van der Waals surface area contributed by atoms with Gasteiger partial charge in [0.15, 0.2) is 5.82 Å². The fourth-order valence-electron chi connectivity index (χ4n) is 0.820. The lowest BCUT2D eigenvalue weighted by Crippen LogP contribution is -2.15. The molecular formula is C8H9Br2N3O2. The summed E-state index contributed by atoms with van der Waals surface area (Å²) in [6.07, 6.45) is 1.80. The van der Waals surface area contributed by atoms with Gasteiger partial charge in [-0.1, -0.05) is 0 Å². The highest BCUT2D eigenvalue weighted by Gasteiger charge is 2.07. The van der Waals surface area contributed by atoms with Crippen molar-refractivity contribution in [3.8, 4) is 0 Å². The Kier molecular flexibility index (Phi) is 5.13. The molecular weight excluding hydrogens is 330 g/mol. The first-order valence-corrected chi connectivity index (χ1v) is 5.69. The predicted molar refractivity (Wildman–Crippen MR) is 62.6 cm³/mol. The van der Waals surface area contributed by atoms with Crippen LogP contribution in [0.4, 0.5) is 5.82 Å². The molecule has 0 radical (unpaired) electrons. The molecule has 0 atom stereocenters. The summed E-state index contributed by atoms with van der Waals surface area (Å²) in [7, 11) is 1.54. The number of hydrogen-bond acceptors (Lipinski definition) is 4. The number of amides is 1. The number of carbonyl (C=O) groups is 1. The average Bonchev–Trinajstić information content (AvgIpc) is 2.19. The number of aromatic nitrogens is 2. The van der Waals surface area contributed by atoms with Gasteiger partial charge in [-0.3, -0.25) is 4.79 Å². The molecule has 1 aromatic rings. The van der Waals surface area contributed by atoms with E-state index in [0.29, 0.717) is 28.1 Å². The van der Waals surface area contributed by atoms with Gasteiger partial charge in [-0.15, -0.1) is 0 Å². The van der Waals surface area contributed by atoms with E-state index in [4.69, 9.17) is 4.74 Å². The number of halogens is 2. The Hall–Kier alpha value is -0.530. The second-order valence-corrected chi connectivity index (χ2v) is 4.19. The van der Waals surface area contributed by atoms with Gasteiger partial charge < -0.3 is 10.1 Å². The van der Waals surface area contributed by atoms with E-state index >= 15 is 0 Å². The van der Waals surface area contributed by atoms with Gasteiger partial charge >= 0.3 is 0 Å². The molecule has 1 aromatic heterocycles. The Morgan fingerprint density at radius 2 is 2.33 bits per heavy atom. The molecule has 0 bridgehead atoms. The normalized spacial score (nSPS) is 10.1. The van der Waals surface area contributed by atoms with Gasteiger partial charge in [-0.2, -0.15) is 0 Å². The highest BCUT2D eigenvalue weighted by Crippen LogP contribution is 2.19. The molecule has 1 heterocycles. The Morgan fingerprint density at radius 3 is 2.93 bits per heavy atom. The molecule has 0 aromatic carbocycles. The molecule has 0 saturated carbocycles. The van der Waals surface area contributed by atoms with Crippen molar-refractivity contribution in [1.29, 1.82) is 0 Å². The monoisotopic (exact) mass is 337 g/mol. The second-order valence-electron chi connectivity index (χ2n) is 2.62. The molecule has 1 amide bonds. The van der Waals surface area contributed by atoms with Gasteiger partial charge in [0.25, 0.3) is 0 Å². The standard InChI is InChI=1S/C8H9Br2N3O2/c1-15-3-2-6(14)13-8-7(10)12-5(9)4-11-8/h4H,2-3H2,1H3,(H,11,13,14). The largest absolute Gasteiger partial charge is 0.384 e. The van der Waals surface area contributed by atoms with E-state index in [0.717, 1.165) is 0 Å². The maximum Gasteiger partial charge on any atom is 0.227 e. The molecule has 5 nitrogen and oxygen atoms in total. The lowest BCUT2D eigenvalue weighted by Gasteiger charge is -2.05. The first-order valence-electron chi connectivity index (χ1n) is 4.10. The molecule has 15 heavy (non-hydrogen) atoms. The van der Waals surface area contributed by atoms with Crippen LogP contribution in [0.2, 0.25) is 0 Å². The first-order chi connectivity index (χ1) is 7.13. The number of hydrogen-bond donors (Lipinski definition) is 1. The minimum absolute atomic E-state index is 0.158. The van der Waals surface area contributed by atoms with Gasteiger partial charge in [0.2, 0.25) is 5.91 Å². The van der Waals surface area contributed by atoms with E-state index in [1.165, 1.54) is 6.20 Å². The number of rotatable bonds is 4. The third-order valence-corrected chi connectivity index (χ3v) is 2.43. The van der Waals surface area contributed by atoms with Gasteiger partial charge in [0, 0.05) is 7.11 Å². The molecule has 0 unspecified atom stereocenters. The van der Waals surface area contributed by atoms with E-state index < -0.39 is 0 Å². The molecule has 82 valence electrons. The Balaban J connectivity index is 2.60. The minimum atomic E-state index is -0.158. The molecule has 0 saturated heterocycles. The van der Waals surface area contributed by atoms with Crippen LogP contribution < -0.4 is 5.32 Å². The van der Waals surface area contributed by atoms with Crippen LogP contribution in [0, 0.1) is 0 Å². The smallest absolute Gasteiger partial charge is 0.227 e. The first kappa shape index (κ1) is 12.5. The summed E-state index contributed by atoms with van der Waals surface area (Å²) in [6, 6.07) is 0. The highest BCUT2D eigenvalue weighted by atomic mass is 79.9. The number of nitrogens with zero attached hydrogens (tertiary/aromatic N) is 2. The van der Waals surface area contributed by atoms with Crippen molar-refractivity contribution in [2.75, 3.05) is 19.0 Å². The van der Waals surface area contributed by atoms with Crippen molar-refractivity contribution in [1.82, 2.24) is 9.97 Å². The Labute approximate surface area is 104 Å². The van der Waals surface area contributed by atoms with Gasteiger partial charge in [-0.25, -0.2) is 9.97 Å². The summed E-state index contributed by atoms with van der Waals surface area (Å²) in [5.41, 5.74) is 0. The predicted octanol–water partition coefficient (Wildman–Crippen LogP) is 1.98. The van der Waals surface area contributed by atoms with Crippen LogP contribution in [0.15, 0.2) is 15.4 Å². The van der Waals surface area contributed by atoms with Crippen LogP contribution in [0.1, 0.15) is 6.42 Å². The lowest BCUT2D eigenvalue weighted by atomic mass is 10.4. The Bertz CT molecular complexity index is 360. The molecule has 7 heteroatoms. The van der Waals surface area contributed by atoms with Crippen LogP contribution in [0.3, 0.4) is 0 Å². The fraction of sp³-hybridized carbons (Fsp3) is 0.375. The zero-order chi connectivity index (χ0) is 11.3. The van der Waals surface area contributed by atoms with Gasteiger partial charge in [0.1, 0.15) is 9.21 Å². The van der Waals surface area contributed by atoms with E-state index in [9.17, 15) is 4.79 Å². The van der Waals surface area contributed by atoms with Gasteiger partial charge in [-0.05, 0) is 31.9 Å². The number of ether oxygens (including phenoxy) is 1. The average molecular weight is 339 g/mol. The van der Waals surface area contributed by atoms with Crippen molar-refractivity contribution >= 4 is 43.6 Å². The summed E-state index contributed by atoms with van der Waals surface area (Å²) in [5, 5.41) is 2.61. The molecule has 0 aliphatic rings. The molecule has 0 aliphatic carbocycles. The van der Waals surface area contributed by atoms with Gasteiger partial charge in [0.05, 0.1) is 19.2 Å². The molecule has 1 N–H and O–H groups in total. The third kappa shape index (κ3) is 4.23. The van der Waals surface area contributed by atoms with Crippen molar-refractivity contribution in [3.63, 3.8) is 0 Å². The van der Waals surface area contributed by atoms with Crippen molar-refractivity contribution in [2.45, 2.75) is 6.42 Å². The quantitative estimate of drug-likeness (QED) is 0.911. The maximum absolute atomic E-state index is 11.3. The van der Waals surface area contributed by atoms with Crippen LogP contribution in [-0.2, 0) is 9.53 Å². The summed E-state index contributed by atoms with van der Waals surface area (Å²) in [4.78, 5) is 19.3. The summed E-state index contributed by atoms with van der Waals surface area (Å²) in [5.74, 6) is 0.244. The van der Waals surface area contributed by atoms with Crippen LogP contribution >= 0.6 is 31.9 Å². The van der Waals surface area contributed by atoms with E-state index in [2.05, 4.69) is 47.1 Å². The molecule has 0 aliphatic heterocycles. The van der Waals surface area contributed by atoms with Crippen LogP contribution in [0.5, 0.6) is 0 Å². The van der Waals surface area contributed by atoms with Crippen molar-refractivity contribution < 1.29 is 9.53 Å². The minimum Gasteiger partial charge on any atom is -0.384 e. The van der Waals surface area contributed by atoms with E-state index in [1.54, 1.807) is 7.11 Å². The number of carbonyl (C=O) groups excluding carboxylic acids is 1. The third-order valence-electron chi connectivity index (χ3n) is 1.49. The maximum atomic E-state index is 11.3. The van der Waals surface area contributed by atoms with E-state index in [1.807, 2.05) is 0 Å². The number of nitrogens with one attached hydrogen (secondary N) is 1. The molecule has 0 spiro atoms. The number of methoxy groups -OCH3 is 1.